The summed E-state index contributed by atoms with van der Waals surface area (Å²) in [5.41, 5.74) is 6.15. The maximum atomic E-state index is 12.5. The molecule has 0 radical (unpaired) electrons. The van der Waals surface area contributed by atoms with E-state index < -0.39 is 12.1 Å². The largest absolute Gasteiger partial charge is 0.399 e. The maximum Gasteiger partial charge on any atom is 0.395 e. The first-order valence-corrected chi connectivity index (χ1v) is 4.37. The zero-order chi connectivity index (χ0) is 10.8. The number of rotatable bonds is 2. The summed E-state index contributed by atoms with van der Waals surface area (Å²) in [4.78, 5) is 0. The second kappa shape index (κ2) is 3.90. The minimum atomic E-state index is -4.18. The van der Waals surface area contributed by atoms with Crippen LogP contribution in [0.2, 0.25) is 0 Å². The van der Waals surface area contributed by atoms with Gasteiger partial charge >= 0.3 is 6.18 Å². The fourth-order valence-electron chi connectivity index (χ4n) is 1.38. The van der Waals surface area contributed by atoms with E-state index in [2.05, 4.69) is 0 Å². The van der Waals surface area contributed by atoms with Gasteiger partial charge in [0.15, 0.2) is 0 Å². The van der Waals surface area contributed by atoms with Crippen molar-refractivity contribution in [1.82, 2.24) is 0 Å². The summed E-state index contributed by atoms with van der Waals surface area (Å²) in [6.45, 7) is 1.52. The lowest BCUT2D eigenvalue weighted by Gasteiger charge is -2.18. The second-order valence-corrected chi connectivity index (χ2v) is 3.17. The van der Waals surface area contributed by atoms with Crippen molar-refractivity contribution in [2.75, 3.05) is 5.73 Å². The predicted molar refractivity (Wildman–Crippen MR) is 49.9 cm³/mol. The number of anilines is 1. The van der Waals surface area contributed by atoms with Gasteiger partial charge in [0.25, 0.3) is 0 Å². The lowest BCUT2D eigenvalue weighted by molar-refractivity contribution is -0.151. The van der Waals surface area contributed by atoms with Gasteiger partial charge in [-0.15, -0.1) is 0 Å². The molecule has 0 saturated heterocycles. The number of halogens is 3. The van der Waals surface area contributed by atoms with E-state index in [4.69, 9.17) is 5.73 Å². The Kier molecular flexibility index (Phi) is 3.03. The Labute approximate surface area is 80.7 Å². The molecule has 0 spiro atoms. The van der Waals surface area contributed by atoms with Crippen LogP contribution in [0, 0.1) is 0 Å². The van der Waals surface area contributed by atoms with Crippen LogP contribution in [0.15, 0.2) is 24.3 Å². The molecule has 4 heteroatoms. The number of hydrogen-bond donors (Lipinski definition) is 1. The number of alkyl halides is 3. The van der Waals surface area contributed by atoms with E-state index in [1.807, 2.05) is 0 Å². The highest BCUT2D eigenvalue weighted by atomic mass is 19.4. The molecule has 1 atom stereocenters. The van der Waals surface area contributed by atoms with Crippen LogP contribution in [0.5, 0.6) is 0 Å². The van der Waals surface area contributed by atoms with Gasteiger partial charge in [0.2, 0.25) is 0 Å². The molecule has 78 valence electrons. The van der Waals surface area contributed by atoms with Gasteiger partial charge in [-0.2, -0.15) is 13.2 Å². The summed E-state index contributed by atoms with van der Waals surface area (Å²) >= 11 is 0. The van der Waals surface area contributed by atoms with Crippen LogP contribution in [0.25, 0.3) is 0 Å². The average molecular weight is 203 g/mol. The summed E-state index contributed by atoms with van der Waals surface area (Å²) in [6.07, 6.45) is -4.13. The van der Waals surface area contributed by atoms with Crippen molar-refractivity contribution >= 4 is 5.69 Å². The molecule has 0 amide bonds. The fourth-order valence-corrected chi connectivity index (χ4v) is 1.38. The van der Waals surface area contributed by atoms with Gasteiger partial charge in [-0.05, 0) is 24.1 Å². The minimum absolute atomic E-state index is 0.0490. The smallest absolute Gasteiger partial charge is 0.395 e. The van der Waals surface area contributed by atoms with Crippen molar-refractivity contribution in [3.8, 4) is 0 Å². The van der Waals surface area contributed by atoms with Crippen molar-refractivity contribution in [2.24, 2.45) is 0 Å². The first-order chi connectivity index (χ1) is 6.45. The highest BCUT2D eigenvalue weighted by Gasteiger charge is 2.38. The van der Waals surface area contributed by atoms with Gasteiger partial charge in [0, 0.05) is 5.69 Å². The molecule has 0 aliphatic heterocycles. The highest BCUT2D eigenvalue weighted by molar-refractivity contribution is 5.40. The summed E-state index contributed by atoms with van der Waals surface area (Å²) < 4.78 is 37.4. The van der Waals surface area contributed by atoms with Crippen LogP contribution >= 0.6 is 0 Å². The molecule has 2 N–H and O–H groups in total. The lowest BCUT2D eigenvalue weighted by atomic mass is 9.96. The Morgan fingerprint density at radius 1 is 1.21 bits per heavy atom. The molecule has 1 rings (SSSR count). The fraction of sp³-hybridized carbons (Fsp3) is 0.400. The van der Waals surface area contributed by atoms with E-state index in [0.717, 1.165) is 0 Å². The van der Waals surface area contributed by atoms with Gasteiger partial charge in [0.05, 0.1) is 5.92 Å². The molecule has 0 fully saturated rings. The third-order valence-electron chi connectivity index (χ3n) is 2.14. The van der Waals surface area contributed by atoms with E-state index >= 15 is 0 Å². The second-order valence-electron chi connectivity index (χ2n) is 3.17. The molecule has 1 unspecified atom stereocenters. The zero-order valence-corrected chi connectivity index (χ0v) is 7.81. The van der Waals surface area contributed by atoms with Crippen LogP contribution < -0.4 is 5.73 Å². The van der Waals surface area contributed by atoms with Crippen molar-refractivity contribution in [3.63, 3.8) is 0 Å². The minimum Gasteiger partial charge on any atom is -0.399 e. The monoisotopic (exact) mass is 203 g/mol. The summed E-state index contributed by atoms with van der Waals surface area (Å²) in [5.74, 6) is -1.39. The third-order valence-corrected chi connectivity index (χ3v) is 2.14. The molecule has 14 heavy (non-hydrogen) atoms. The van der Waals surface area contributed by atoms with E-state index in [9.17, 15) is 13.2 Å². The van der Waals surface area contributed by atoms with Crippen LogP contribution in [-0.4, -0.2) is 6.18 Å². The zero-order valence-electron chi connectivity index (χ0n) is 7.81. The van der Waals surface area contributed by atoms with E-state index in [-0.39, 0.29) is 12.0 Å². The van der Waals surface area contributed by atoms with Crippen molar-refractivity contribution in [2.45, 2.75) is 25.4 Å². The standard InChI is InChI=1S/C10H12F3N/c1-2-9(10(11,12)13)7-3-5-8(14)6-4-7/h3-6,9H,2,14H2,1H3. The number of benzene rings is 1. The van der Waals surface area contributed by atoms with Gasteiger partial charge in [-0.3, -0.25) is 0 Å². The molecule has 0 aliphatic rings. The molecule has 1 aromatic rings. The topological polar surface area (TPSA) is 26.0 Å². The van der Waals surface area contributed by atoms with E-state index in [1.54, 1.807) is 0 Å². The highest BCUT2D eigenvalue weighted by Crippen LogP contribution is 2.37. The average Bonchev–Trinajstić information content (AvgIpc) is 2.07. The Hall–Kier alpha value is -1.19. The quantitative estimate of drug-likeness (QED) is 0.733. The molecule has 0 saturated carbocycles. The van der Waals surface area contributed by atoms with Gasteiger partial charge in [-0.1, -0.05) is 19.1 Å². The first-order valence-electron chi connectivity index (χ1n) is 4.37. The summed E-state index contributed by atoms with van der Waals surface area (Å²) in [7, 11) is 0. The van der Waals surface area contributed by atoms with Crippen LogP contribution in [0.3, 0.4) is 0 Å². The Morgan fingerprint density at radius 2 is 1.71 bits per heavy atom. The number of nitrogens with two attached hydrogens (primary N) is 1. The van der Waals surface area contributed by atoms with Gasteiger partial charge in [0.1, 0.15) is 0 Å². The molecular weight excluding hydrogens is 191 g/mol. The SMILES string of the molecule is CCC(c1ccc(N)cc1)C(F)(F)F. The van der Waals surface area contributed by atoms with Crippen LogP contribution in [0.4, 0.5) is 18.9 Å². The number of nitrogen functional groups attached to an aromatic ring is 1. The maximum absolute atomic E-state index is 12.5. The summed E-state index contributed by atoms with van der Waals surface area (Å²) in [6, 6.07) is 5.83. The normalized spacial score (nSPS) is 14.0. The Morgan fingerprint density at radius 3 is 2.07 bits per heavy atom. The molecule has 1 aromatic carbocycles. The van der Waals surface area contributed by atoms with Gasteiger partial charge in [-0.25, -0.2) is 0 Å². The molecule has 0 bridgehead atoms. The number of hydrogen-bond acceptors (Lipinski definition) is 1. The van der Waals surface area contributed by atoms with E-state index in [1.165, 1.54) is 31.2 Å². The van der Waals surface area contributed by atoms with Crippen LogP contribution in [0.1, 0.15) is 24.8 Å². The van der Waals surface area contributed by atoms with E-state index in [0.29, 0.717) is 5.69 Å². The Bertz CT molecular complexity index is 289. The molecule has 1 nitrogen and oxygen atoms in total. The lowest BCUT2D eigenvalue weighted by Crippen LogP contribution is -2.19. The molecule has 0 aliphatic carbocycles. The van der Waals surface area contributed by atoms with Gasteiger partial charge < -0.3 is 5.73 Å². The van der Waals surface area contributed by atoms with Crippen LogP contribution in [-0.2, 0) is 0 Å². The first kappa shape index (κ1) is 10.9. The van der Waals surface area contributed by atoms with Crippen molar-refractivity contribution in [3.05, 3.63) is 29.8 Å². The predicted octanol–water partition coefficient (Wildman–Crippen LogP) is 3.32. The van der Waals surface area contributed by atoms with Crippen molar-refractivity contribution < 1.29 is 13.2 Å². The molecule has 0 heterocycles. The summed E-state index contributed by atoms with van der Waals surface area (Å²) in [5, 5.41) is 0. The van der Waals surface area contributed by atoms with Crippen molar-refractivity contribution in [1.29, 1.82) is 0 Å². The molecular formula is C10H12F3N. The molecule has 0 aromatic heterocycles. The Balaban J connectivity index is 2.96. The third kappa shape index (κ3) is 2.40.